The Kier molecular flexibility index (Phi) is 3.66. The molecule has 0 bridgehead atoms. The van der Waals surface area contributed by atoms with Crippen molar-refractivity contribution in [3.05, 3.63) is 33.8 Å². The van der Waals surface area contributed by atoms with Crippen molar-refractivity contribution < 1.29 is 9.90 Å². The molecule has 0 aromatic heterocycles. The fraction of sp³-hybridized carbons (Fsp3) is 0.300. The molecule has 1 unspecified atom stereocenters. The molecule has 1 rings (SSSR count). The van der Waals surface area contributed by atoms with Gasteiger partial charge in [-0.3, -0.25) is 4.79 Å². The van der Waals surface area contributed by atoms with Gasteiger partial charge in [0.05, 0.1) is 6.42 Å². The van der Waals surface area contributed by atoms with Crippen molar-refractivity contribution in [1.82, 2.24) is 0 Å². The number of carboxylic acid groups (broad SMARTS) is 1. The topological polar surface area (TPSA) is 63.3 Å². The molecule has 1 aromatic rings. The van der Waals surface area contributed by atoms with Gasteiger partial charge in [0.2, 0.25) is 0 Å². The zero-order valence-electron chi connectivity index (χ0n) is 7.83. The Bertz CT molecular complexity index is 352. The first-order valence-electron chi connectivity index (χ1n) is 4.24. The average Bonchev–Trinajstić information content (AvgIpc) is 2.08. The number of rotatable bonds is 3. The van der Waals surface area contributed by atoms with Gasteiger partial charge in [0, 0.05) is 10.5 Å². The molecule has 3 N–H and O–H groups in total. The van der Waals surface area contributed by atoms with E-state index in [1.54, 1.807) is 0 Å². The lowest BCUT2D eigenvalue weighted by Gasteiger charge is -2.13. The predicted octanol–water partition coefficient (Wildman–Crippen LogP) is 2.23. The van der Waals surface area contributed by atoms with Gasteiger partial charge in [-0.2, -0.15) is 0 Å². The van der Waals surface area contributed by atoms with Crippen LogP contribution in [0.2, 0.25) is 0 Å². The van der Waals surface area contributed by atoms with E-state index in [0.717, 1.165) is 15.6 Å². The zero-order chi connectivity index (χ0) is 10.7. The summed E-state index contributed by atoms with van der Waals surface area (Å²) in [5, 5.41) is 8.61. The summed E-state index contributed by atoms with van der Waals surface area (Å²) in [4.78, 5) is 10.5. The first-order valence-corrected chi connectivity index (χ1v) is 5.04. The number of benzene rings is 1. The highest BCUT2D eigenvalue weighted by Crippen LogP contribution is 2.24. The summed E-state index contributed by atoms with van der Waals surface area (Å²) >= 11 is 3.38. The molecule has 1 aromatic carbocycles. The quantitative estimate of drug-likeness (QED) is 0.873. The molecule has 0 saturated carbocycles. The van der Waals surface area contributed by atoms with E-state index < -0.39 is 12.0 Å². The van der Waals surface area contributed by atoms with Crippen LogP contribution in [0.4, 0.5) is 0 Å². The molecule has 76 valence electrons. The Hall–Kier alpha value is -0.870. The minimum atomic E-state index is -0.878. The molecule has 0 spiro atoms. The number of hydrogen-bond donors (Lipinski definition) is 2. The van der Waals surface area contributed by atoms with Gasteiger partial charge in [-0.15, -0.1) is 0 Å². The summed E-state index contributed by atoms with van der Waals surface area (Å²) in [6.45, 7) is 1.92. The third-order valence-corrected chi connectivity index (χ3v) is 2.96. The van der Waals surface area contributed by atoms with Crippen molar-refractivity contribution in [3.63, 3.8) is 0 Å². The molecule has 0 aliphatic carbocycles. The molecule has 0 aliphatic rings. The van der Waals surface area contributed by atoms with Crippen molar-refractivity contribution in [2.45, 2.75) is 19.4 Å². The van der Waals surface area contributed by atoms with E-state index in [1.165, 1.54) is 0 Å². The fourth-order valence-electron chi connectivity index (χ4n) is 1.32. The monoisotopic (exact) mass is 257 g/mol. The molecular formula is C10H12BrNO2. The van der Waals surface area contributed by atoms with E-state index in [-0.39, 0.29) is 6.42 Å². The lowest BCUT2D eigenvalue weighted by molar-refractivity contribution is -0.137. The second-order valence-electron chi connectivity index (χ2n) is 3.16. The van der Waals surface area contributed by atoms with Crippen LogP contribution >= 0.6 is 15.9 Å². The summed E-state index contributed by atoms with van der Waals surface area (Å²) in [5.74, 6) is -0.878. The molecule has 1 atom stereocenters. The van der Waals surface area contributed by atoms with Crippen LogP contribution in [0.3, 0.4) is 0 Å². The third-order valence-electron chi connectivity index (χ3n) is 2.10. The van der Waals surface area contributed by atoms with Gasteiger partial charge in [-0.05, 0) is 24.1 Å². The van der Waals surface area contributed by atoms with Gasteiger partial charge in [-0.25, -0.2) is 0 Å². The summed E-state index contributed by atoms with van der Waals surface area (Å²) in [7, 11) is 0. The Morgan fingerprint density at radius 2 is 2.29 bits per heavy atom. The maximum atomic E-state index is 10.5. The van der Waals surface area contributed by atoms with Gasteiger partial charge < -0.3 is 10.8 Å². The Balaban J connectivity index is 2.95. The van der Waals surface area contributed by atoms with Gasteiger partial charge in [-0.1, -0.05) is 28.1 Å². The molecule has 0 fully saturated rings. The van der Waals surface area contributed by atoms with Crippen LogP contribution < -0.4 is 5.73 Å². The molecule has 4 heteroatoms. The van der Waals surface area contributed by atoms with E-state index in [9.17, 15) is 4.79 Å². The van der Waals surface area contributed by atoms with E-state index in [4.69, 9.17) is 10.8 Å². The van der Waals surface area contributed by atoms with Gasteiger partial charge >= 0.3 is 5.97 Å². The molecule has 0 radical (unpaired) electrons. The molecular weight excluding hydrogens is 246 g/mol. The molecule has 0 heterocycles. The van der Waals surface area contributed by atoms with Crippen LogP contribution in [0.1, 0.15) is 23.6 Å². The number of carboxylic acids is 1. The third kappa shape index (κ3) is 2.56. The highest BCUT2D eigenvalue weighted by atomic mass is 79.9. The van der Waals surface area contributed by atoms with Crippen LogP contribution in [0.25, 0.3) is 0 Å². The highest BCUT2D eigenvalue weighted by molar-refractivity contribution is 9.10. The van der Waals surface area contributed by atoms with E-state index in [2.05, 4.69) is 15.9 Å². The van der Waals surface area contributed by atoms with Crippen molar-refractivity contribution in [3.8, 4) is 0 Å². The minimum Gasteiger partial charge on any atom is -0.481 e. The number of nitrogens with two attached hydrogens (primary N) is 1. The van der Waals surface area contributed by atoms with Crippen molar-refractivity contribution in [2.24, 2.45) is 5.73 Å². The van der Waals surface area contributed by atoms with Gasteiger partial charge in [0.15, 0.2) is 0 Å². The van der Waals surface area contributed by atoms with Crippen LogP contribution in [-0.2, 0) is 4.79 Å². The van der Waals surface area contributed by atoms with E-state index >= 15 is 0 Å². The Morgan fingerprint density at radius 3 is 2.86 bits per heavy atom. The lowest BCUT2D eigenvalue weighted by atomic mass is 10.00. The molecule has 3 nitrogen and oxygen atoms in total. The highest BCUT2D eigenvalue weighted by Gasteiger charge is 2.13. The van der Waals surface area contributed by atoms with Crippen molar-refractivity contribution in [1.29, 1.82) is 0 Å². The SMILES string of the molecule is Cc1c(Br)cccc1C(N)CC(=O)O. The number of carbonyl (C=O) groups is 1. The van der Waals surface area contributed by atoms with Crippen LogP contribution in [0.5, 0.6) is 0 Å². The first-order chi connectivity index (χ1) is 6.52. The lowest BCUT2D eigenvalue weighted by Crippen LogP contribution is -2.16. The molecule has 0 aliphatic heterocycles. The zero-order valence-corrected chi connectivity index (χ0v) is 9.41. The standard InChI is InChI=1S/C10H12BrNO2/c1-6-7(3-2-4-8(6)11)9(12)5-10(13)14/h2-4,9H,5,12H2,1H3,(H,13,14). The van der Waals surface area contributed by atoms with Crippen LogP contribution in [0.15, 0.2) is 22.7 Å². The number of hydrogen-bond acceptors (Lipinski definition) is 2. The smallest absolute Gasteiger partial charge is 0.305 e. The maximum Gasteiger partial charge on any atom is 0.305 e. The van der Waals surface area contributed by atoms with Crippen molar-refractivity contribution >= 4 is 21.9 Å². The molecule has 14 heavy (non-hydrogen) atoms. The number of aliphatic carboxylic acids is 1. The first kappa shape index (κ1) is 11.2. The Morgan fingerprint density at radius 1 is 1.64 bits per heavy atom. The predicted molar refractivity (Wildman–Crippen MR) is 58.1 cm³/mol. The second-order valence-corrected chi connectivity index (χ2v) is 4.01. The van der Waals surface area contributed by atoms with Crippen LogP contribution in [-0.4, -0.2) is 11.1 Å². The van der Waals surface area contributed by atoms with Gasteiger partial charge in [0.25, 0.3) is 0 Å². The Labute approximate surface area is 91.1 Å². The van der Waals surface area contributed by atoms with E-state index in [0.29, 0.717) is 0 Å². The molecule has 0 amide bonds. The summed E-state index contributed by atoms with van der Waals surface area (Å²) in [6.07, 6.45) is -0.0444. The second kappa shape index (κ2) is 4.57. The summed E-state index contributed by atoms with van der Waals surface area (Å²) in [5.41, 5.74) is 7.64. The van der Waals surface area contributed by atoms with Gasteiger partial charge in [0.1, 0.15) is 0 Å². The normalized spacial score (nSPS) is 12.5. The average molecular weight is 258 g/mol. The largest absolute Gasteiger partial charge is 0.481 e. The van der Waals surface area contributed by atoms with Crippen molar-refractivity contribution in [2.75, 3.05) is 0 Å². The molecule has 0 saturated heterocycles. The number of halogens is 1. The van der Waals surface area contributed by atoms with E-state index in [1.807, 2.05) is 25.1 Å². The summed E-state index contributed by atoms with van der Waals surface area (Å²) in [6, 6.07) is 5.18. The fourth-order valence-corrected chi connectivity index (χ4v) is 1.71. The minimum absolute atomic E-state index is 0.0444. The maximum absolute atomic E-state index is 10.5. The van der Waals surface area contributed by atoms with Crippen LogP contribution in [0, 0.1) is 6.92 Å². The summed E-state index contributed by atoms with van der Waals surface area (Å²) < 4.78 is 0.954.